The molecule has 0 bridgehead atoms. The summed E-state index contributed by atoms with van der Waals surface area (Å²) in [6, 6.07) is 4.42. The maximum absolute atomic E-state index is 11.3. The molecule has 0 aliphatic heterocycles. The van der Waals surface area contributed by atoms with Crippen molar-refractivity contribution in [3.63, 3.8) is 0 Å². The minimum Gasteiger partial charge on any atom is -0.466 e. The van der Waals surface area contributed by atoms with Crippen molar-refractivity contribution in [1.82, 2.24) is 0 Å². The van der Waals surface area contributed by atoms with Crippen LogP contribution in [0.25, 0.3) is 0 Å². The molecule has 1 N–H and O–H groups in total. The average molecular weight is 346 g/mol. The van der Waals surface area contributed by atoms with Crippen LogP contribution in [0.15, 0.2) is 22.7 Å². The lowest BCUT2D eigenvalue weighted by molar-refractivity contribution is -0.386. The summed E-state index contributed by atoms with van der Waals surface area (Å²) in [6.45, 7) is 2.22. The van der Waals surface area contributed by atoms with Gasteiger partial charge in [-0.3, -0.25) is 14.9 Å². The van der Waals surface area contributed by atoms with Crippen molar-refractivity contribution < 1.29 is 19.6 Å². The summed E-state index contributed by atoms with van der Waals surface area (Å²) < 4.78 is 5.44. The number of halogens is 1. The van der Waals surface area contributed by atoms with Crippen molar-refractivity contribution in [3.05, 3.63) is 38.3 Å². The molecule has 0 aliphatic rings. The monoisotopic (exact) mass is 345 g/mol. The quantitative estimate of drug-likeness (QED) is 0.465. The van der Waals surface area contributed by atoms with Crippen molar-refractivity contribution in [2.45, 2.75) is 32.3 Å². The second-order valence-electron chi connectivity index (χ2n) is 4.24. The molecule has 0 aromatic heterocycles. The lowest BCUT2D eigenvalue weighted by Gasteiger charge is -2.11. The summed E-state index contributed by atoms with van der Waals surface area (Å²) in [4.78, 5) is 21.7. The summed E-state index contributed by atoms with van der Waals surface area (Å²) in [5, 5.41) is 20.9. The normalized spacial score (nSPS) is 11.9. The van der Waals surface area contributed by atoms with Crippen LogP contribution in [0.5, 0.6) is 0 Å². The first-order chi connectivity index (χ1) is 9.45. The van der Waals surface area contributed by atoms with Gasteiger partial charge in [0, 0.05) is 17.0 Å². The van der Waals surface area contributed by atoms with E-state index in [9.17, 15) is 20.0 Å². The molecule has 7 heteroatoms. The Balaban J connectivity index is 2.70. The highest BCUT2D eigenvalue weighted by atomic mass is 79.9. The molecule has 0 spiro atoms. The van der Waals surface area contributed by atoms with Crippen molar-refractivity contribution in [3.8, 4) is 0 Å². The summed E-state index contributed by atoms with van der Waals surface area (Å²) in [5.74, 6) is -0.411. The van der Waals surface area contributed by atoms with E-state index >= 15 is 0 Å². The fourth-order valence-electron chi connectivity index (χ4n) is 1.65. The van der Waals surface area contributed by atoms with E-state index in [1.165, 1.54) is 12.1 Å². The number of carbonyl (C=O) groups excluding carboxylic acids is 1. The Morgan fingerprint density at radius 2 is 2.25 bits per heavy atom. The van der Waals surface area contributed by atoms with E-state index in [0.717, 1.165) is 6.42 Å². The van der Waals surface area contributed by atoms with E-state index in [1.807, 2.05) is 6.92 Å². The minimum atomic E-state index is -1.07. The number of nitro benzene ring substituents is 1. The van der Waals surface area contributed by atoms with Crippen LogP contribution in [0.1, 0.15) is 37.9 Å². The van der Waals surface area contributed by atoms with Gasteiger partial charge in [-0.1, -0.05) is 22.9 Å². The van der Waals surface area contributed by atoms with E-state index in [-0.39, 0.29) is 24.1 Å². The molecular formula is C13H16BrNO5. The lowest BCUT2D eigenvalue weighted by atomic mass is 10.0. The molecule has 1 aromatic rings. The van der Waals surface area contributed by atoms with Gasteiger partial charge < -0.3 is 9.84 Å². The molecule has 1 rings (SSSR count). The third-order valence-electron chi connectivity index (χ3n) is 2.64. The Bertz CT molecular complexity index is 492. The molecule has 1 aromatic carbocycles. The fraction of sp³-hybridized carbons (Fsp3) is 0.462. The van der Waals surface area contributed by atoms with Gasteiger partial charge in [0.25, 0.3) is 5.69 Å². The van der Waals surface area contributed by atoms with Crippen LogP contribution >= 0.6 is 15.9 Å². The fourth-order valence-corrected chi connectivity index (χ4v) is 2.00. The van der Waals surface area contributed by atoms with E-state index in [4.69, 9.17) is 4.74 Å². The van der Waals surface area contributed by atoms with E-state index in [1.54, 1.807) is 6.07 Å². The van der Waals surface area contributed by atoms with Gasteiger partial charge in [0.1, 0.15) is 0 Å². The minimum absolute atomic E-state index is 0.0222. The highest BCUT2D eigenvalue weighted by molar-refractivity contribution is 9.10. The lowest BCUT2D eigenvalue weighted by Crippen LogP contribution is -2.09. The van der Waals surface area contributed by atoms with E-state index in [2.05, 4.69) is 15.9 Å². The molecule has 1 atom stereocenters. The highest BCUT2D eigenvalue weighted by Crippen LogP contribution is 2.30. The summed E-state index contributed by atoms with van der Waals surface area (Å²) in [6.07, 6.45) is -0.232. The Labute approximate surface area is 125 Å². The van der Waals surface area contributed by atoms with Gasteiger partial charge in [-0.05, 0) is 25.0 Å². The van der Waals surface area contributed by atoms with Crippen molar-refractivity contribution in [2.75, 3.05) is 6.61 Å². The van der Waals surface area contributed by atoms with Crippen LogP contribution in [0.4, 0.5) is 5.69 Å². The number of aliphatic hydroxyl groups is 1. The predicted octanol–water partition coefficient (Wildman–Crippen LogP) is 3.12. The third-order valence-corrected chi connectivity index (χ3v) is 3.13. The van der Waals surface area contributed by atoms with Crippen LogP contribution in [-0.2, 0) is 9.53 Å². The largest absolute Gasteiger partial charge is 0.466 e. The van der Waals surface area contributed by atoms with E-state index < -0.39 is 17.0 Å². The second kappa shape index (κ2) is 7.96. The third kappa shape index (κ3) is 4.90. The molecular weight excluding hydrogens is 330 g/mol. The zero-order valence-corrected chi connectivity index (χ0v) is 12.6. The molecule has 0 saturated heterocycles. The highest BCUT2D eigenvalue weighted by Gasteiger charge is 2.21. The van der Waals surface area contributed by atoms with Gasteiger partial charge in [-0.2, -0.15) is 0 Å². The number of benzene rings is 1. The first kappa shape index (κ1) is 16.6. The van der Waals surface area contributed by atoms with Crippen molar-refractivity contribution >= 4 is 27.6 Å². The summed E-state index contributed by atoms with van der Waals surface area (Å²) >= 11 is 3.14. The predicted molar refractivity (Wildman–Crippen MR) is 76.2 cm³/mol. The van der Waals surface area contributed by atoms with Crippen LogP contribution in [0.3, 0.4) is 0 Å². The molecule has 0 fully saturated rings. The second-order valence-corrected chi connectivity index (χ2v) is 5.15. The maximum atomic E-state index is 11.3. The number of nitrogens with zero attached hydrogens (tertiary/aromatic N) is 1. The SMILES string of the molecule is CCCOC(=O)CCC(O)c1ccc(Br)cc1[N+](=O)[O-]. The molecule has 0 radical (unpaired) electrons. The number of hydrogen-bond donors (Lipinski definition) is 1. The summed E-state index contributed by atoms with van der Waals surface area (Å²) in [7, 11) is 0. The van der Waals surface area contributed by atoms with E-state index in [0.29, 0.717) is 11.1 Å². The molecule has 0 saturated carbocycles. The maximum Gasteiger partial charge on any atom is 0.305 e. The number of ether oxygens (including phenoxy) is 1. The van der Waals surface area contributed by atoms with Gasteiger partial charge in [0.15, 0.2) is 0 Å². The van der Waals surface area contributed by atoms with Crippen molar-refractivity contribution in [2.24, 2.45) is 0 Å². The van der Waals surface area contributed by atoms with Crippen LogP contribution in [0.2, 0.25) is 0 Å². The molecule has 1 unspecified atom stereocenters. The number of rotatable bonds is 7. The van der Waals surface area contributed by atoms with Gasteiger partial charge in [0.2, 0.25) is 0 Å². The molecule has 110 valence electrons. The number of esters is 1. The zero-order chi connectivity index (χ0) is 15.1. The van der Waals surface area contributed by atoms with Crippen LogP contribution < -0.4 is 0 Å². The molecule has 0 aliphatic carbocycles. The van der Waals surface area contributed by atoms with Gasteiger partial charge in [0.05, 0.1) is 23.2 Å². The average Bonchev–Trinajstić information content (AvgIpc) is 2.42. The molecule has 6 nitrogen and oxygen atoms in total. The smallest absolute Gasteiger partial charge is 0.305 e. The Hall–Kier alpha value is -1.47. The summed E-state index contributed by atoms with van der Waals surface area (Å²) in [5.41, 5.74) is 0.0234. The van der Waals surface area contributed by atoms with Crippen LogP contribution in [-0.4, -0.2) is 22.6 Å². The number of carbonyl (C=O) groups is 1. The Kier molecular flexibility index (Phi) is 6.60. The molecule has 0 amide bonds. The number of nitro groups is 1. The zero-order valence-electron chi connectivity index (χ0n) is 11.0. The van der Waals surface area contributed by atoms with Gasteiger partial charge in [-0.25, -0.2) is 0 Å². The van der Waals surface area contributed by atoms with Gasteiger partial charge >= 0.3 is 5.97 Å². The Morgan fingerprint density at radius 3 is 2.85 bits per heavy atom. The first-order valence-electron chi connectivity index (χ1n) is 6.23. The van der Waals surface area contributed by atoms with Crippen LogP contribution in [0, 0.1) is 10.1 Å². The number of hydrogen-bond acceptors (Lipinski definition) is 5. The standard InChI is InChI=1S/C13H16BrNO5/c1-2-7-20-13(17)6-5-12(16)10-4-3-9(14)8-11(10)15(18)19/h3-4,8,12,16H,2,5-7H2,1H3. The number of aliphatic hydroxyl groups excluding tert-OH is 1. The first-order valence-corrected chi connectivity index (χ1v) is 7.02. The topological polar surface area (TPSA) is 89.7 Å². The molecule has 20 heavy (non-hydrogen) atoms. The van der Waals surface area contributed by atoms with Crippen molar-refractivity contribution in [1.29, 1.82) is 0 Å². The Morgan fingerprint density at radius 1 is 1.55 bits per heavy atom. The molecule has 0 heterocycles. The van der Waals surface area contributed by atoms with Gasteiger partial charge in [-0.15, -0.1) is 0 Å².